The molecule has 0 bridgehead atoms. The quantitative estimate of drug-likeness (QED) is 0.149. The average Bonchev–Trinajstić information content (AvgIpc) is 3.21. The second-order valence-corrected chi connectivity index (χ2v) is 6.77. The summed E-state index contributed by atoms with van der Waals surface area (Å²) < 4.78 is 0. The first-order valence-corrected chi connectivity index (χ1v) is 9.31. The molecule has 14 nitrogen and oxygen atoms in total. The Kier molecular flexibility index (Phi) is 10.1. The van der Waals surface area contributed by atoms with E-state index in [1.807, 2.05) is 0 Å². The van der Waals surface area contributed by atoms with Crippen molar-refractivity contribution in [2.45, 2.75) is 50.4 Å². The first-order chi connectivity index (χ1) is 14.5. The SMILES string of the molecule is CC(NC(=O)C(CO)NC(=O)C(N)Cc1cnc[nH]1)C(=O)NC(CCC(N)=O)C(=O)O. The van der Waals surface area contributed by atoms with Crippen molar-refractivity contribution in [2.75, 3.05) is 6.61 Å². The number of carboxylic acids is 1. The Labute approximate surface area is 177 Å². The maximum atomic E-state index is 12.3. The zero-order chi connectivity index (χ0) is 23.6. The van der Waals surface area contributed by atoms with E-state index in [9.17, 15) is 29.1 Å². The lowest BCUT2D eigenvalue weighted by Crippen LogP contribution is -2.57. The number of nitrogens with one attached hydrogen (secondary N) is 4. The van der Waals surface area contributed by atoms with E-state index in [0.29, 0.717) is 5.69 Å². The van der Waals surface area contributed by atoms with Crippen LogP contribution in [0.2, 0.25) is 0 Å². The molecule has 14 heteroatoms. The normalized spacial score (nSPS) is 14.5. The van der Waals surface area contributed by atoms with Crippen molar-refractivity contribution < 1.29 is 34.2 Å². The van der Waals surface area contributed by atoms with Crippen molar-refractivity contribution in [3.8, 4) is 0 Å². The molecular formula is C17H27N7O7. The van der Waals surface area contributed by atoms with Crippen molar-refractivity contribution in [2.24, 2.45) is 11.5 Å². The molecule has 1 aromatic rings. The van der Waals surface area contributed by atoms with Crippen molar-refractivity contribution >= 4 is 29.6 Å². The highest BCUT2D eigenvalue weighted by Gasteiger charge is 2.28. The zero-order valence-electron chi connectivity index (χ0n) is 16.8. The number of imidazole rings is 1. The first-order valence-electron chi connectivity index (χ1n) is 9.31. The van der Waals surface area contributed by atoms with Gasteiger partial charge in [0.05, 0.1) is 19.0 Å². The van der Waals surface area contributed by atoms with E-state index in [4.69, 9.17) is 16.6 Å². The fourth-order valence-electron chi connectivity index (χ4n) is 2.42. The molecule has 10 N–H and O–H groups in total. The lowest BCUT2D eigenvalue weighted by molar-refractivity contribution is -0.142. The summed E-state index contributed by atoms with van der Waals surface area (Å²) in [5, 5.41) is 25.3. The molecule has 0 aliphatic carbocycles. The summed E-state index contributed by atoms with van der Waals surface area (Å²) in [6.07, 6.45) is 2.54. The monoisotopic (exact) mass is 441 g/mol. The topological polar surface area (TPSA) is 243 Å². The van der Waals surface area contributed by atoms with Gasteiger partial charge in [0, 0.05) is 24.7 Å². The number of hydrogen-bond acceptors (Lipinski definition) is 8. The average molecular weight is 441 g/mol. The van der Waals surface area contributed by atoms with Gasteiger partial charge in [-0.05, 0) is 13.3 Å². The molecule has 1 rings (SSSR count). The lowest BCUT2D eigenvalue weighted by atomic mass is 10.1. The van der Waals surface area contributed by atoms with Gasteiger partial charge in [-0.1, -0.05) is 0 Å². The predicted octanol–water partition coefficient (Wildman–Crippen LogP) is -3.90. The largest absolute Gasteiger partial charge is 0.480 e. The Hall–Kier alpha value is -3.52. The Morgan fingerprint density at radius 2 is 1.74 bits per heavy atom. The third-order valence-corrected chi connectivity index (χ3v) is 4.19. The Morgan fingerprint density at radius 1 is 1.10 bits per heavy atom. The van der Waals surface area contributed by atoms with Crippen LogP contribution in [0.15, 0.2) is 12.5 Å². The summed E-state index contributed by atoms with van der Waals surface area (Å²) in [5.41, 5.74) is 11.3. The van der Waals surface area contributed by atoms with Crippen LogP contribution in [0.25, 0.3) is 0 Å². The second-order valence-electron chi connectivity index (χ2n) is 6.77. The van der Waals surface area contributed by atoms with Gasteiger partial charge in [-0.15, -0.1) is 0 Å². The van der Waals surface area contributed by atoms with Crippen molar-refractivity contribution in [3.05, 3.63) is 18.2 Å². The van der Waals surface area contributed by atoms with Crippen LogP contribution in [-0.4, -0.2) is 80.6 Å². The summed E-state index contributed by atoms with van der Waals surface area (Å²) in [5.74, 6) is -4.53. The summed E-state index contributed by atoms with van der Waals surface area (Å²) in [7, 11) is 0. The number of amides is 4. The van der Waals surface area contributed by atoms with Crippen LogP contribution in [0.1, 0.15) is 25.5 Å². The number of H-pyrrole nitrogens is 1. The van der Waals surface area contributed by atoms with Crippen LogP contribution in [0, 0.1) is 0 Å². The number of aromatic amines is 1. The Bertz CT molecular complexity index is 784. The molecule has 1 heterocycles. The summed E-state index contributed by atoms with van der Waals surface area (Å²) in [6, 6.07) is -4.99. The third-order valence-electron chi connectivity index (χ3n) is 4.19. The molecule has 4 atom stereocenters. The Morgan fingerprint density at radius 3 is 2.26 bits per heavy atom. The number of nitrogens with zero attached hydrogens (tertiary/aromatic N) is 1. The van der Waals surface area contributed by atoms with Gasteiger partial charge in [0.25, 0.3) is 0 Å². The van der Waals surface area contributed by atoms with Gasteiger partial charge in [0.15, 0.2) is 0 Å². The number of aliphatic hydroxyl groups excluding tert-OH is 1. The maximum absolute atomic E-state index is 12.3. The van der Waals surface area contributed by atoms with Crippen LogP contribution < -0.4 is 27.4 Å². The van der Waals surface area contributed by atoms with Crippen LogP contribution in [0.5, 0.6) is 0 Å². The zero-order valence-corrected chi connectivity index (χ0v) is 16.8. The molecule has 172 valence electrons. The number of carbonyl (C=O) groups excluding carboxylic acids is 4. The molecule has 31 heavy (non-hydrogen) atoms. The number of primary amides is 1. The maximum Gasteiger partial charge on any atom is 0.326 e. The van der Waals surface area contributed by atoms with Gasteiger partial charge < -0.3 is 42.6 Å². The lowest BCUT2D eigenvalue weighted by Gasteiger charge is -2.22. The number of carboxylic acid groups (broad SMARTS) is 1. The molecule has 4 amide bonds. The second kappa shape index (κ2) is 12.2. The van der Waals surface area contributed by atoms with Gasteiger partial charge in [0.2, 0.25) is 23.6 Å². The van der Waals surface area contributed by atoms with Gasteiger partial charge in [0.1, 0.15) is 18.1 Å². The molecule has 0 radical (unpaired) electrons. The number of rotatable bonds is 13. The van der Waals surface area contributed by atoms with Gasteiger partial charge in [-0.25, -0.2) is 9.78 Å². The molecule has 1 aromatic heterocycles. The van der Waals surface area contributed by atoms with Gasteiger partial charge in [-0.3, -0.25) is 19.2 Å². The first kappa shape index (κ1) is 25.5. The molecule has 4 unspecified atom stereocenters. The van der Waals surface area contributed by atoms with Crippen LogP contribution in [-0.2, 0) is 30.4 Å². The fraction of sp³-hybridized carbons (Fsp3) is 0.529. The molecule has 0 spiro atoms. The minimum absolute atomic E-state index is 0.117. The fourth-order valence-corrected chi connectivity index (χ4v) is 2.42. The highest BCUT2D eigenvalue weighted by molar-refractivity contribution is 5.94. The predicted molar refractivity (Wildman–Crippen MR) is 105 cm³/mol. The number of aromatic nitrogens is 2. The number of nitrogens with two attached hydrogens (primary N) is 2. The van der Waals surface area contributed by atoms with Gasteiger partial charge in [-0.2, -0.15) is 0 Å². The molecular weight excluding hydrogens is 414 g/mol. The third kappa shape index (κ3) is 8.79. The standard InChI is InChI=1S/C17H27N7O7/c1-8(14(27)23-11(17(30)31)2-3-13(19)26)22-16(29)12(6-25)24-15(28)10(18)4-9-5-20-7-21-9/h5,7-8,10-12,25H,2-4,6,18H2,1H3,(H2,19,26)(H,20,21)(H,22,29)(H,23,27)(H,24,28)(H,30,31). The molecule has 0 aromatic carbocycles. The molecule has 0 saturated heterocycles. The van der Waals surface area contributed by atoms with E-state index in [1.165, 1.54) is 19.4 Å². The van der Waals surface area contributed by atoms with E-state index in [2.05, 4.69) is 25.9 Å². The minimum atomic E-state index is -1.39. The molecule has 0 fully saturated rings. The number of aliphatic hydroxyl groups is 1. The van der Waals surface area contributed by atoms with Gasteiger partial charge >= 0.3 is 5.97 Å². The van der Waals surface area contributed by atoms with E-state index in [0.717, 1.165) is 0 Å². The van der Waals surface area contributed by atoms with E-state index in [-0.39, 0.29) is 19.3 Å². The van der Waals surface area contributed by atoms with Crippen molar-refractivity contribution in [1.82, 2.24) is 25.9 Å². The minimum Gasteiger partial charge on any atom is -0.480 e. The number of carbonyl (C=O) groups is 5. The molecule has 0 saturated carbocycles. The van der Waals surface area contributed by atoms with Crippen LogP contribution >= 0.6 is 0 Å². The summed E-state index contributed by atoms with van der Waals surface area (Å²) >= 11 is 0. The van der Waals surface area contributed by atoms with Crippen molar-refractivity contribution in [3.63, 3.8) is 0 Å². The van der Waals surface area contributed by atoms with E-state index < -0.39 is 60.4 Å². The highest BCUT2D eigenvalue weighted by atomic mass is 16.4. The smallest absolute Gasteiger partial charge is 0.326 e. The molecule has 0 aliphatic rings. The van der Waals surface area contributed by atoms with Crippen LogP contribution in [0.4, 0.5) is 0 Å². The Balaban J connectivity index is 2.60. The van der Waals surface area contributed by atoms with E-state index >= 15 is 0 Å². The summed E-state index contributed by atoms with van der Waals surface area (Å²) in [4.78, 5) is 65.2. The summed E-state index contributed by atoms with van der Waals surface area (Å²) in [6.45, 7) is 0.513. The number of hydrogen-bond donors (Lipinski definition) is 8. The highest BCUT2D eigenvalue weighted by Crippen LogP contribution is 2.00. The van der Waals surface area contributed by atoms with Crippen molar-refractivity contribution in [1.29, 1.82) is 0 Å². The van der Waals surface area contributed by atoms with Crippen LogP contribution in [0.3, 0.4) is 0 Å². The number of aliphatic carboxylic acids is 1. The van der Waals surface area contributed by atoms with E-state index in [1.54, 1.807) is 0 Å². The molecule has 0 aliphatic heterocycles.